The van der Waals surface area contributed by atoms with Crippen LogP contribution in [0.4, 0.5) is 4.39 Å². The molecule has 3 rings (SSSR count). The first-order valence-corrected chi connectivity index (χ1v) is 7.76. The van der Waals surface area contributed by atoms with Gasteiger partial charge in [-0.25, -0.2) is 4.39 Å². The molecule has 0 aromatic heterocycles. The van der Waals surface area contributed by atoms with Gasteiger partial charge < -0.3 is 5.32 Å². The van der Waals surface area contributed by atoms with E-state index in [4.69, 9.17) is 0 Å². The average Bonchev–Trinajstić information content (AvgIpc) is 3.32. The first-order valence-electron chi connectivity index (χ1n) is 7.76. The van der Waals surface area contributed by atoms with E-state index in [0.29, 0.717) is 12.0 Å². The van der Waals surface area contributed by atoms with Crippen molar-refractivity contribution in [1.82, 2.24) is 5.32 Å². The van der Waals surface area contributed by atoms with Crippen molar-refractivity contribution in [2.24, 2.45) is 0 Å². The maximum atomic E-state index is 13.5. The van der Waals surface area contributed by atoms with Crippen molar-refractivity contribution in [2.45, 2.75) is 38.1 Å². The Morgan fingerprint density at radius 2 is 1.90 bits per heavy atom. The van der Waals surface area contributed by atoms with E-state index in [2.05, 4.69) is 36.5 Å². The Balaban J connectivity index is 1.78. The van der Waals surface area contributed by atoms with Crippen molar-refractivity contribution in [2.75, 3.05) is 6.54 Å². The highest BCUT2D eigenvalue weighted by Crippen LogP contribution is 2.25. The average molecular weight is 283 g/mol. The van der Waals surface area contributed by atoms with Crippen LogP contribution in [-0.4, -0.2) is 12.6 Å². The number of rotatable bonds is 6. The molecule has 2 aromatic carbocycles. The van der Waals surface area contributed by atoms with Gasteiger partial charge in [-0.15, -0.1) is 0 Å². The highest BCUT2D eigenvalue weighted by molar-refractivity contribution is 5.30. The molecule has 2 heteroatoms. The Bertz CT molecular complexity index is 590. The monoisotopic (exact) mass is 283 g/mol. The largest absolute Gasteiger partial charge is 0.313 e. The van der Waals surface area contributed by atoms with E-state index >= 15 is 0 Å². The fourth-order valence-corrected chi connectivity index (χ4v) is 2.75. The Morgan fingerprint density at radius 1 is 1.14 bits per heavy atom. The lowest BCUT2D eigenvalue weighted by Crippen LogP contribution is -2.25. The minimum Gasteiger partial charge on any atom is -0.313 e. The third-order valence-corrected chi connectivity index (χ3v) is 4.28. The summed E-state index contributed by atoms with van der Waals surface area (Å²) >= 11 is 0. The van der Waals surface area contributed by atoms with Gasteiger partial charge in [0.2, 0.25) is 0 Å². The van der Waals surface area contributed by atoms with Gasteiger partial charge in [0, 0.05) is 18.5 Å². The molecule has 0 aliphatic heterocycles. The Hall–Kier alpha value is -1.67. The first kappa shape index (κ1) is 14.3. The van der Waals surface area contributed by atoms with Crippen LogP contribution in [0.3, 0.4) is 0 Å². The Kier molecular flexibility index (Phi) is 4.35. The molecular formula is C19H22FN. The number of halogens is 1. The second-order valence-electron chi connectivity index (χ2n) is 6.07. The molecule has 0 saturated heterocycles. The molecule has 1 aliphatic carbocycles. The van der Waals surface area contributed by atoms with Gasteiger partial charge in [-0.2, -0.15) is 0 Å². The van der Waals surface area contributed by atoms with Crippen molar-refractivity contribution >= 4 is 0 Å². The molecule has 0 spiro atoms. The molecule has 1 atom stereocenters. The molecule has 1 saturated carbocycles. The Labute approximate surface area is 126 Å². The SMILES string of the molecule is Cc1ccc(F)cc1CC(CNC1CC1)c1ccccc1. The summed E-state index contributed by atoms with van der Waals surface area (Å²) in [4.78, 5) is 0. The maximum absolute atomic E-state index is 13.5. The van der Waals surface area contributed by atoms with E-state index in [1.54, 1.807) is 12.1 Å². The third kappa shape index (κ3) is 3.92. The quantitative estimate of drug-likeness (QED) is 0.837. The summed E-state index contributed by atoms with van der Waals surface area (Å²) < 4.78 is 13.5. The fourth-order valence-electron chi connectivity index (χ4n) is 2.75. The molecule has 1 fully saturated rings. The zero-order valence-corrected chi connectivity index (χ0v) is 12.5. The summed E-state index contributed by atoms with van der Waals surface area (Å²) in [6.45, 7) is 3.02. The fraction of sp³-hybridized carbons (Fsp3) is 0.368. The highest BCUT2D eigenvalue weighted by Gasteiger charge is 2.22. The summed E-state index contributed by atoms with van der Waals surface area (Å²) in [7, 11) is 0. The van der Waals surface area contributed by atoms with Crippen LogP contribution in [-0.2, 0) is 6.42 Å². The normalized spacial score (nSPS) is 15.9. The molecule has 0 radical (unpaired) electrons. The van der Waals surface area contributed by atoms with Crippen LogP contribution in [0.15, 0.2) is 48.5 Å². The Morgan fingerprint density at radius 3 is 2.62 bits per heavy atom. The maximum Gasteiger partial charge on any atom is 0.123 e. The summed E-state index contributed by atoms with van der Waals surface area (Å²) in [6, 6.07) is 16.4. The topological polar surface area (TPSA) is 12.0 Å². The second kappa shape index (κ2) is 6.40. The van der Waals surface area contributed by atoms with Gasteiger partial charge in [-0.3, -0.25) is 0 Å². The van der Waals surface area contributed by atoms with E-state index in [1.165, 1.54) is 24.0 Å². The second-order valence-corrected chi connectivity index (χ2v) is 6.07. The summed E-state index contributed by atoms with van der Waals surface area (Å²) in [5.41, 5.74) is 3.61. The molecular weight excluding hydrogens is 261 g/mol. The lowest BCUT2D eigenvalue weighted by molar-refractivity contribution is 0.572. The van der Waals surface area contributed by atoms with Gasteiger partial charge in [0.1, 0.15) is 5.82 Å². The van der Waals surface area contributed by atoms with Gasteiger partial charge in [-0.05, 0) is 55.0 Å². The third-order valence-electron chi connectivity index (χ3n) is 4.28. The number of nitrogens with one attached hydrogen (secondary N) is 1. The molecule has 0 bridgehead atoms. The summed E-state index contributed by atoms with van der Waals surface area (Å²) in [5, 5.41) is 3.62. The standard InChI is InChI=1S/C19H22FN/c1-14-7-8-18(20)12-16(14)11-17(13-21-19-9-10-19)15-5-3-2-4-6-15/h2-8,12,17,19,21H,9-11,13H2,1H3. The van der Waals surface area contributed by atoms with E-state index in [-0.39, 0.29) is 5.82 Å². The molecule has 1 unspecified atom stereocenters. The zero-order chi connectivity index (χ0) is 14.7. The van der Waals surface area contributed by atoms with Gasteiger partial charge in [0.15, 0.2) is 0 Å². The van der Waals surface area contributed by atoms with Crippen LogP contribution < -0.4 is 5.32 Å². The minimum absolute atomic E-state index is 0.141. The molecule has 1 N–H and O–H groups in total. The van der Waals surface area contributed by atoms with Crippen molar-refractivity contribution in [3.8, 4) is 0 Å². The number of benzene rings is 2. The highest BCUT2D eigenvalue weighted by atomic mass is 19.1. The summed E-state index contributed by atoms with van der Waals surface area (Å²) in [6.07, 6.45) is 3.47. The van der Waals surface area contributed by atoms with Crippen molar-refractivity contribution in [3.63, 3.8) is 0 Å². The van der Waals surface area contributed by atoms with E-state index in [0.717, 1.165) is 18.5 Å². The number of aryl methyl sites for hydroxylation is 1. The van der Waals surface area contributed by atoms with Crippen molar-refractivity contribution < 1.29 is 4.39 Å². The first-order chi connectivity index (χ1) is 10.2. The van der Waals surface area contributed by atoms with Crippen LogP contribution in [0.5, 0.6) is 0 Å². The van der Waals surface area contributed by atoms with Crippen LogP contribution in [0.1, 0.15) is 35.4 Å². The van der Waals surface area contributed by atoms with Crippen molar-refractivity contribution in [3.05, 3.63) is 71.0 Å². The smallest absolute Gasteiger partial charge is 0.123 e. The molecule has 21 heavy (non-hydrogen) atoms. The molecule has 0 heterocycles. The van der Waals surface area contributed by atoms with E-state index < -0.39 is 0 Å². The van der Waals surface area contributed by atoms with Crippen molar-refractivity contribution in [1.29, 1.82) is 0 Å². The van der Waals surface area contributed by atoms with Gasteiger partial charge in [0.25, 0.3) is 0 Å². The van der Waals surface area contributed by atoms with Gasteiger partial charge >= 0.3 is 0 Å². The molecule has 0 amide bonds. The molecule has 110 valence electrons. The van der Waals surface area contributed by atoms with Crippen LogP contribution >= 0.6 is 0 Å². The zero-order valence-electron chi connectivity index (χ0n) is 12.5. The molecule has 1 aliphatic rings. The van der Waals surface area contributed by atoms with E-state index in [9.17, 15) is 4.39 Å². The summed E-state index contributed by atoms with van der Waals surface area (Å²) in [5.74, 6) is 0.255. The van der Waals surface area contributed by atoms with Gasteiger partial charge in [0.05, 0.1) is 0 Å². The van der Waals surface area contributed by atoms with Crippen LogP contribution in [0.2, 0.25) is 0 Å². The van der Waals surface area contributed by atoms with E-state index in [1.807, 2.05) is 12.1 Å². The molecule has 2 aromatic rings. The number of hydrogen-bond donors (Lipinski definition) is 1. The predicted molar refractivity (Wildman–Crippen MR) is 85.0 cm³/mol. The molecule has 1 nitrogen and oxygen atoms in total. The minimum atomic E-state index is -0.141. The van der Waals surface area contributed by atoms with Crippen LogP contribution in [0.25, 0.3) is 0 Å². The lowest BCUT2D eigenvalue weighted by atomic mass is 9.90. The predicted octanol–water partition coefficient (Wildman–Crippen LogP) is 4.21. The van der Waals surface area contributed by atoms with Gasteiger partial charge in [-0.1, -0.05) is 36.4 Å². The lowest BCUT2D eigenvalue weighted by Gasteiger charge is -2.19. The number of hydrogen-bond acceptors (Lipinski definition) is 1. The van der Waals surface area contributed by atoms with Crippen LogP contribution in [0, 0.1) is 12.7 Å².